The summed E-state index contributed by atoms with van der Waals surface area (Å²) in [5.74, 6) is -0.429. The molecule has 1 aromatic carbocycles. The molecule has 0 fully saturated rings. The summed E-state index contributed by atoms with van der Waals surface area (Å²) in [6.07, 6.45) is 1.63. The van der Waals surface area contributed by atoms with E-state index in [4.69, 9.17) is 9.47 Å². The highest BCUT2D eigenvalue weighted by Gasteiger charge is 2.26. The molecule has 1 rings (SSSR count). The van der Waals surface area contributed by atoms with Crippen LogP contribution in [-0.2, 0) is 20.7 Å². The molecule has 28 heavy (non-hydrogen) atoms. The molecule has 0 aliphatic heterocycles. The van der Waals surface area contributed by atoms with Gasteiger partial charge in [0.1, 0.15) is 19.0 Å². The maximum atomic E-state index is 12.7. The lowest BCUT2D eigenvalue weighted by atomic mass is 9.89. The number of carbonyl (C=O) groups excluding carboxylic acids is 2. The molecule has 0 aromatic heterocycles. The zero-order valence-electron chi connectivity index (χ0n) is 18.8. The van der Waals surface area contributed by atoms with Crippen LogP contribution in [0.15, 0.2) is 24.3 Å². The van der Waals surface area contributed by atoms with E-state index in [-0.39, 0.29) is 18.0 Å². The highest BCUT2D eigenvalue weighted by atomic mass is 16.6. The minimum absolute atomic E-state index is 0.186. The summed E-state index contributed by atoms with van der Waals surface area (Å²) in [5.41, 5.74) is 1.26. The summed E-state index contributed by atoms with van der Waals surface area (Å²) in [6.45, 7) is 11.7. The predicted molar refractivity (Wildman–Crippen MR) is 116 cm³/mol. The highest BCUT2D eigenvalue weighted by molar-refractivity contribution is 6.32. The summed E-state index contributed by atoms with van der Waals surface area (Å²) in [6, 6.07) is 8.19. The van der Waals surface area contributed by atoms with E-state index in [1.165, 1.54) is 5.46 Å². The van der Waals surface area contributed by atoms with E-state index in [1.54, 1.807) is 11.9 Å². The van der Waals surface area contributed by atoms with Gasteiger partial charge in [-0.2, -0.15) is 0 Å². The molecule has 0 aliphatic rings. The molecule has 0 radical (unpaired) electrons. The summed E-state index contributed by atoms with van der Waals surface area (Å²) in [7, 11) is 3.76. The Morgan fingerprint density at radius 2 is 1.68 bits per heavy atom. The first-order chi connectivity index (χ1) is 12.8. The van der Waals surface area contributed by atoms with Crippen LogP contribution in [0.4, 0.5) is 4.79 Å². The molecule has 0 aliphatic carbocycles. The van der Waals surface area contributed by atoms with E-state index < -0.39 is 11.2 Å². The van der Waals surface area contributed by atoms with Crippen molar-refractivity contribution < 1.29 is 19.1 Å². The fourth-order valence-electron chi connectivity index (χ4n) is 2.82. The van der Waals surface area contributed by atoms with Crippen LogP contribution in [0, 0.1) is 5.92 Å². The number of hydrogen-bond donors (Lipinski definition) is 0. The average molecular weight is 389 g/mol. The summed E-state index contributed by atoms with van der Waals surface area (Å²) >= 11 is 0. The lowest BCUT2D eigenvalue weighted by molar-refractivity contribution is -0.160. The van der Waals surface area contributed by atoms with Gasteiger partial charge in [0.15, 0.2) is 0 Å². The minimum atomic E-state index is -0.519. The molecule has 1 unspecified atom stereocenters. The molecule has 0 heterocycles. The van der Waals surface area contributed by atoms with Crippen molar-refractivity contribution in [3.8, 4) is 0 Å². The van der Waals surface area contributed by atoms with Crippen LogP contribution >= 0.6 is 0 Å². The Labute approximate surface area is 171 Å². The topological polar surface area (TPSA) is 55.8 Å². The quantitative estimate of drug-likeness (QED) is 0.531. The first-order valence-corrected chi connectivity index (χ1v) is 9.99. The Hall–Kier alpha value is -1.98. The molecule has 0 N–H and O–H groups in total. The van der Waals surface area contributed by atoms with Crippen LogP contribution in [0.2, 0.25) is 0 Å². The fraction of sp³-hybridized carbons (Fsp3) is 0.636. The first kappa shape index (κ1) is 24.1. The van der Waals surface area contributed by atoms with Gasteiger partial charge < -0.3 is 14.4 Å². The van der Waals surface area contributed by atoms with E-state index in [1.807, 2.05) is 67.6 Å². The predicted octanol–water partition coefficient (Wildman–Crippen LogP) is 3.09. The van der Waals surface area contributed by atoms with Gasteiger partial charge in [-0.05, 0) is 66.4 Å². The molecule has 5 nitrogen and oxygen atoms in total. The first-order valence-electron chi connectivity index (χ1n) is 9.99. The van der Waals surface area contributed by atoms with E-state index in [0.29, 0.717) is 25.8 Å². The van der Waals surface area contributed by atoms with Gasteiger partial charge in [-0.25, -0.2) is 4.79 Å². The molecular weight excluding hydrogens is 353 g/mol. The van der Waals surface area contributed by atoms with Crippen molar-refractivity contribution in [1.82, 2.24) is 4.90 Å². The number of amides is 1. The number of carbonyl (C=O) groups is 2. The van der Waals surface area contributed by atoms with Crippen molar-refractivity contribution in [3.05, 3.63) is 29.8 Å². The molecule has 0 saturated heterocycles. The maximum Gasteiger partial charge on any atom is 0.410 e. The monoisotopic (exact) mass is 389 g/mol. The normalized spacial score (nSPS) is 13.0. The van der Waals surface area contributed by atoms with Crippen molar-refractivity contribution in [2.24, 2.45) is 5.92 Å². The zero-order chi connectivity index (χ0) is 21.5. The van der Waals surface area contributed by atoms with Crippen molar-refractivity contribution >= 4 is 25.4 Å². The Morgan fingerprint density at radius 1 is 1.07 bits per heavy atom. The van der Waals surface area contributed by atoms with Crippen molar-refractivity contribution in [2.45, 2.75) is 72.0 Å². The third kappa shape index (κ3) is 9.81. The Bertz CT molecular complexity index is 661. The van der Waals surface area contributed by atoms with Crippen LogP contribution < -0.4 is 5.46 Å². The second-order valence-corrected chi connectivity index (χ2v) is 9.47. The molecule has 0 spiro atoms. The molecule has 6 heteroatoms. The summed E-state index contributed by atoms with van der Waals surface area (Å²) < 4.78 is 11.0. The number of rotatable bonds is 7. The van der Waals surface area contributed by atoms with Crippen LogP contribution in [0.1, 0.15) is 59.9 Å². The second kappa shape index (κ2) is 9.99. The Balaban J connectivity index is 2.72. The molecule has 156 valence electrons. The summed E-state index contributed by atoms with van der Waals surface area (Å²) in [4.78, 5) is 26.4. The van der Waals surface area contributed by atoms with Crippen molar-refractivity contribution in [2.75, 3.05) is 13.6 Å². The molecule has 1 atom stereocenters. The lowest BCUT2D eigenvalue weighted by Gasteiger charge is -2.26. The smallest absolute Gasteiger partial charge is 0.410 e. The van der Waals surface area contributed by atoms with Gasteiger partial charge in [-0.15, -0.1) is 0 Å². The Kier molecular flexibility index (Phi) is 8.59. The molecule has 0 bridgehead atoms. The molecular formula is C22H36BNO4. The standard InChI is InChI=1S/C22H36BNO4/c1-21(2,3)27-19(25)17(14-16-10-8-12-18(23)15-16)11-9-13-24(7)20(26)28-22(4,5)6/h8,10,12,15,17H,9,11,13-14,23H2,1-7H3. The van der Waals surface area contributed by atoms with Crippen LogP contribution in [0.5, 0.6) is 0 Å². The zero-order valence-corrected chi connectivity index (χ0v) is 18.8. The largest absolute Gasteiger partial charge is 0.460 e. The number of esters is 1. The second-order valence-electron chi connectivity index (χ2n) is 9.47. The van der Waals surface area contributed by atoms with Crippen molar-refractivity contribution in [1.29, 1.82) is 0 Å². The van der Waals surface area contributed by atoms with Gasteiger partial charge in [0, 0.05) is 13.6 Å². The maximum absolute atomic E-state index is 12.7. The van der Waals surface area contributed by atoms with E-state index in [0.717, 1.165) is 5.56 Å². The van der Waals surface area contributed by atoms with Gasteiger partial charge in [0.2, 0.25) is 0 Å². The van der Waals surface area contributed by atoms with Gasteiger partial charge >= 0.3 is 12.1 Å². The Morgan fingerprint density at radius 3 is 2.21 bits per heavy atom. The van der Waals surface area contributed by atoms with Gasteiger partial charge in [0.25, 0.3) is 0 Å². The van der Waals surface area contributed by atoms with E-state index in [2.05, 4.69) is 6.07 Å². The van der Waals surface area contributed by atoms with Crippen LogP contribution in [0.25, 0.3) is 0 Å². The third-order valence-corrected chi connectivity index (χ3v) is 4.06. The molecule has 1 amide bonds. The summed E-state index contributed by atoms with van der Waals surface area (Å²) in [5, 5.41) is 0. The van der Waals surface area contributed by atoms with E-state index in [9.17, 15) is 9.59 Å². The third-order valence-electron chi connectivity index (χ3n) is 4.06. The minimum Gasteiger partial charge on any atom is -0.460 e. The molecule has 0 saturated carbocycles. The lowest BCUT2D eigenvalue weighted by Crippen LogP contribution is -2.35. The van der Waals surface area contributed by atoms with Gasteiger partial charge in [0.05, 0.1) is 5.92 Å². The number of hydrogen-bond acceptors (Lipinski definition) is 4. The average Bonchev–Trinajstić information content (AvgIpc) is 2.50. The van der Waals surface area contributed by atoms with Gasteiger partial charge in [-0.3, -0.25) is 4.79 Å². The number of ether oxygens (including phenoxy) is 2. The van der Waals surface area contributed by atoms with Crippen LogP contribution in [-0.4, -0.2) is 49.6 Å². The van der Waals surface area contributed by atoms with E-state index >= 15 is 0 Å². The highest BCUT2D eigenvalue weighted by Crippen LogP contribution is 2.20. The van der Waals surface area contributed by atoms with Crippen LogP contribution in [0.3, 0.4) is 0 Å². The number of benzene rings is 1. The van der Waals surface area contributed by atoms with Gasteiger partial charge in [-0.1, -0.05) is 29.7 Å². The SMILES string of the molecule is Bc1cccc(CC(CCCN(C)C(=O)OC(C)(C)C)C(=O)OC(C)(C)C)c1. The van der Waals surface area contributed by atoms with Crippen molar-refractivity contribution in [3.63, 3.8) is 0 Å². The molecule has 1 aromatic rings. The fourth-order valence-corrected chi connectivity index (χ4v) is 2.82. The number of nitrogens with zero attached hydrogens (tertiary/aromatic N) is 1.